The van der Waals surface area contributed by atoms with Crippen molar-refractivity contribution in [1.29, 1.82) is 0 Å². The average molecular weight is 388 g/mol. The fourth-order valence-electron chi connectivity index (χ4n) is 3.08. The Kier molecular flexibility index (Phi) is 4.63. The summed E-state index contributed by atoms with van der Waals surface area (Å²) in [5.41, 5.74) is 2.66. The van der Waals surface area contributed by atoms with E-state index in [1.807, 2.05) is 0 Å². The van der Waals surface area contributed by atoms with E-state index in [1.165, 1.54) is 0 Å². The molecule has 1 aliphatic rings. The molecule has 0 fully saturated rings. The van der Waals surface area contributed by atoms with Gasteiger partial charge in [-0.05, 0) is 48.0 Å². The maximum atomic E-state index is 12.5. The largest absolute Gasteiger partial charge is 0.322 e. The fraction of sp³-hybridized carbons (Fsp3) is 0. The van der Waals surface area contributed by atoms with Crippen LogP contribution in [0, 0.1) is 0 Å². The molecule has 0 spiro atoms. The van der Waals surface area contributed by atoms with E-state index in [0.717, 1.165) is 0 Å². The SMILES string of the molecule is O=C(Nc1cccc(C=C2C(=O)c3ccccc3C2=O)c1)c1ccc(Cl)cc1. The molecule has 0 atom stereocenters. The zero-order valence-electron chi connectivity index (χ0n) is 14.6. The third kappa shape index (κ3) is 3.38. The Morgan fingerprint density at radius 2 is 1.46 bits per heavy atom. The molecular weight excluding hydrogens is 374 g/mol. The number of fused-ring (bicyclic) bond motifs is 1. The number of carbonyl (C=O) groups is 3. The second kappa shape index (κ2) is 7.25. The molecule has 1 N–H and O–H groups in total. The zero-order chi connectivity index (χ0) is 19.7. The van der Waals surface area contributed by atoms with Crippen molar-refractivity contribution >= 4 is 40.8 Å². The molecule has 0 aliphatic heterocycles. The minimum absolute atomic E-state index is 0.127. The highest BCUT2D eigenvalue weighted by Gasteiger charge is 2.32. The topological polar surface area (TPSA) is 63.2 Å². The van der Waals surface area contributed by atoms with Crippen molar-refractivity contribution in [2.75, 3.05) is 5.32 Å². The first-order chi connectivity index (χ1) is 13.5. The molecule has 0 aromatic heterocycles. The molecule has 3 aromatic carbocycles. The molecule has 3 aromatic rings. The molecule has 1 aliphatic carbocycles. The zero-order valence-corrected chi connectivity index (χ0v) is 15.4. The van der Waals surface area contributed by atoms with Gasteiger partial charge in [-0.15, -0.1) is 0 Å². The molecule has 136 valence electrons. The van der Waals surface area contributed by atoms with Crippen LogP contribution in [0.2, 0.25) is 5.02 Å². The van der Waals surface area contributed by atoms with Gasteiger partial charge in [0.15, 0.2) is 11.6 Å². The minimum atomic E-state index is -0.281. The average Bonchev–Trinajstić information content (AvgIpc) is 2.94. The monoisotopic (exact) mass is 387 g/mol. The van der Waals surface area contributed by atoms with Crippen LogP contribution < -0.4 is 5.32 Å². The Bertz CT molecular complexity index is 1110. The van der Waals surface area contributed by atoms with Gasteiger partial charge in [0, 0.05) is 27.4 Å². The van der Waals surface area contributed by atoms with Gasteiger partial charge in [-0.2, -0.15) is 0 Å². The van der Waals surface area contributed by atoms with Gasteiger partial charge in [-0.25, -0.2) is 0 Å². The number of hydrogen-bond acceptors (Lipinski definition) is 3. The van der Waals surface area contributed by atoms with Gasteiger partial charge in [-0.1, -0.05) is 48.0 Å². The van der Waals surface area contributed by atoms with Crippen molar-refractivity contribution < 1.29 is 14.4 Å². The lowest BCUT2D eigenvalue weighted by Gasteiger charge is -2.06. The van der Waals surface area contributed by atoms with E-state index in [0.29, 0.717) is 33.0 Å². The molecule has 0 bridgehead atoms. The summed E-state index contributed by atoms with van der Waals surface area (Å²) >= 11 is 5.84. The highest BCUT2D eigenvalue weighted by Crippen LogP contribution is 2.28. The summed E-state index contributed by atoms with van der Waals surface area (Å²) in [6.07, 6.45) is 1.56. The van der Waals surface area contributed by atoms with E-state index in [1.54, 1.807) is 78.9 Å². The quantitative estimate of drug-likeness (QED) is 0.505. The van der Waals surface area contributed by atoms with Crippen LogP contribution in [0.15, 0.2) is 78.4 Å². The molecule has 0 saturated heterocycles. The molecule has 4 nitrogen and oxygen atoms in total. The Morgan fingerprint density at radius 3 is 2.11 bits per heavy atom. The van der Waals surface area contributed by atoms with Gasteiger partial charge in [0.1, 0.15) is 0 Å². The Morgan fingerprint density at radius 1 is 0.821 bits per heavy atom. The van der Waals surface area contributed by atoms with Gasteiger partial charge < -0.3 is 5.32 Å². The van der Waals surface area contributed by atoms with E-state index in [-0.39, 0.29) is 23.0 Å². The summed E-state index contributed by atoms with van der Waals surface area (Å²) in [6, 6.07) is 20.3. The van der Waals surface area contributed by atoms with Crippen LogP contribution >= 0.6 is 11.6 Å². The van der Waals surface area contributed by atoms with Crippen molar-refractivity contribution in [3.05, 3.63) is 106 Å². The minimum Gasteiger partial charge on any atom is -0.322 e. The predicted octanol–water partition coefficient (Wildman–Crippen LogP) is 5.05. The Labute approximate surface area is 166 Å². The van der Waals surface area contributed by atoms with Crippen LogP contribution in [0.3, 0.4) is 0 Å². The maximum absolute atomic E-state index is 12.5. The standard InChI is InChI=1S/C23H14ClNO3/c24-16-10-8-15(9-11-16)23(28)25-17-5-3-4-14(12-17)13-20-21(26)18-6-1-2-7-19(18)22(20)27/h1-13H,(H,25,28). The summed E-state index contributed by atoms with van der Waals surface area (Å²) in [6.45, 7) is 0. The lowest BCUT2D eigenvalue weighted by Crippen LogP contribution is -2.11. The lowest BCUT2D eigenvalue weighted by atomic mass is 10.1. The van der Waals surface area contributed by atoms with Crippen molar-refractivity contribution in [3.63, 3.8) is 0 Å². The van der Waals surface area contributed by atoms with Crippen molar-refractivity contribution in [2.45, 2.75) is 0 Å². The van der Waals surface area contributed by atoms with Crippen molar-refractivity contribution in [2.24, 2.45) is 0 Å². The van der Waals surface area contributed by atoms with E-state index in [9.17, 15) is 14.4 Å². The summed E-state index contributed by atoms with van der Waals surface area (Å²) in [5, 5.41) is 3.35. The molecule has 1 amide bonds. The fourth-order valence-corrected chi connectivity index (χ4v) is 3.21. The first-order valence-corrected chi connectivity index (χ1v) is 8.98. The summed E-state index contributed by atoms with van der Waals surface area (Å²) < 4.78 is 0. The van der Waals surface area contributed by atoms with Gasteiger partial charge in [0.05, 0.1) is 5.57 Å². The number of benzene rings is 3. The number of hydrogen-bond donors (Lipinski definition) is 1. The van der Waals surface area contributed by atoms with E-state index < -0.39 is 0 Å². The molecular formula is C23H14ClNO3. The van der Waals surface area contributed by atoms with Crippen LogP contribution in [0.4, 0.5) is 5.69 Å². The van der Waals surface area contributed by atoms with E-state index in [4.69, 9.17) is 11.6 Å². The highest BCUT2D eigenvalue weighted by molar-refractivity contribution is 6.41. The second-order valence-electron chi connectivity index (χ2n) is 6.35. The van der Waals surface area contributed by atoms with Gasteiger partial charge >= 0.3 is 0 Å². The van der Waals surface area contributed by atoms with Crippen LogP contribution in [0.1, 0.15) is 36.6 Å². The van der Waals surface area contributed by atoms with Crippen LogP contribution in [0.5, 0.6) is 0 Å². The molecule has 28 heavy (non-hydrogen) atoms. The van der Waals surface area contributed by atoms with Crippen LogP contribution in [-0.2, 0) is 0 Å². The number of nitrogens with one attached hydrogen (secondary N) is 1. The molecule has 0 unspecified atom stereocenters. The predicted molar refractivity (Wildman–Crippen MR) is 109 cm³/mol. The third-order valence-electron chi connectivity index (χ3n) is 4.47. The van der Waals surface area contributed by atoms with E-state index >= 15 is 0 Å². The highest BCUT2D eigenvalue weighted by atomic mass is 35.5. The number of anilines is 1. The maximum Gasteiger partial charge on any atom is 0.255 e. The molecule has 5 heteroatoms. The number of halogens is 1. The van der Waals surface area contributed by atoms with Gasteiger partial charge in [0.25, 0.3) is 5.91 Å². The Hall–Kier alpha value is -3.50. The molecule has 0 saturated carbocycles. The third-order valence-corrected chi connectivity index (χ3v) is 4.72. The number of ketones is 2. The number of carbonyl (C=O) groups excluding carboxylic acids is 3. The number of rotatable bonds is 3. The summed E-state index contributed by atoms with van der Waals surface area (Å²) in [7, 11) is 0. The first kappa shape index (κ1) is 17.9. The normalized spacial score (nSPS) is 12.7. The Balaban J connectivity index is 1.59. The van der Waals surface area contributed by atoms with Gasteiger partial charge in [0.2, 0.25) is 0 Å². The van der Waals surface area contributed by atoms with Crippen molar-refractivity contribution in [3.8, 4) is 0 Å². The second-order valence-corrected chi connectivity index (χ2v) is 6.78. The van der Waals surface area contributed by atoms with Crippen LogP contribution in [-0.4, -0.2) is 17.5 Å². The molecule has 0 radical (unpaired) electrons. The number of Topliss-reactive ketones (excluding diaryl/α,β-unsaturated/α-hetero) is 2. The first-order valence-electron chi connectivity index (χ1n) is 8.60. The summed E-state index contributed by atoms with van der Waals surface area (Å²) in [4.78, 5) is 37.4. The molecule has 4 rings (SSSR count). The number of allylic oxidation sites excluding steroid dienone is 1. The smallest absolute Gasteiger partial charge is 0.255 e. The number of amides is 1. The lowest BCUT2D eigenvalue weighted by molar-refractivity contribution is 0.0987. The van der Waals surface area contributed by atoms with Gasteiger partial charge in [-0.3, -0.25) is 14.4 Å². The summed E-state index contributed by atoms with van der Waals surface area (Å²) in [5.74, 6) is -0.839. The van der Waals surface area contributed by atoms with Crippen molar-refractivity contribution in [1.82, 2.24) is 0 Å². The van der Waals surface area contributed by atoms with E-state index in [2.05, 4.69) is 5.32 Å². The van der Waals surface area contributed by atoms with Crippen LogP contribution in [0.25, 0.3) is 6.08 Å². The molecule has 0 heterocycles.